The Bertz CT molecular complexity index is 1520. The molecule has 0 saturated heterocycles. The molecule has 0 fully saturated rings. The summed E-state index contributed by atoms with van der Waals surface area (Å²) in [5.41, 5.74) is 9.06. The van der Waals surface area contributed by atoms with Gasteiger partial charge in [0.25, 0.3) is 0 Å². The number of nitrogens with two attached hydrogens (primary N) is 1. The molecule has 6 nitrogen and oxygen atoms in total. The van der Waals surface area contributed by atoms with Crippen LogP contribution in [-0.4, -0.2) is 28.5 Å². The predicted octanol–water partition coefficient (Wildman–Crippen LogP) is 6.37. The van der Waals surface area contributed by atoms with Gasteiger partial charge in [0.1, 0.15) is 5.82 Å². The number of fused-ring (bicyclic) bond motifs is 1. The second-order valence-corrected chi connectivity index (χ2v) is 8.77. The number of ketones is 1. The first-order chi connectivity index (χ1) is 17.6. The molecule has 9 heteroatoms. The molecular weight excluding hydrogens is 481 g/mol. The van der Waals surface area contributed by atoms with Crippen LogP contribution >= 0.6 is 0 Å². The fraction of sp³-hybridized carbons (Fsp3) is 0.179. The molecule has 0 aliphatic carbocycles. The molecule has 0 bridgehead atoms. The minimum atomic E-state index is -0.820. The maximum absolute atomic E-state index is 13.9. The number of allylic oxidation sites excluding steroid dienone is 2. The van der Waals surface area contributed by atoms with Crippen molar-refractivity contribution in [3.63, 3.8) is 0 Å². The van der Waals surface area contributed by atoms with Crippen LogP contribution in [0.2, 0.25) is 0 Å². The molecule has 0 radical (unpaired) electrons. The van der Waals surface area contributed by atoms with Gasteiger partial charge in [0, 0.05) is 47.5 Å². The van der Waals surface area contributed by atoms with Crippen molar-refractivity contribution in [2.75, 3.05) is 6.54 Å². The number of nitrogens with zero attached hydrogens (tertiary/aromatic N) is 2. The van der Waals surface area contributed by atoms with Gasteiger partial charge in [-0.25, -0.2) is 18.2 Å². The van der Waals surface area contributed by atoms with Crippen LogP contribution in [0, 0.1) is 24.4 Å². The van der Waals surface area contributed by atoms with Gasteiger partial charge in [0.2, 0.25) is 17.4 Å². The van der Waals surface area contributed by atoms with Gasteiger partial charge in [-0.3, -0.25) is 9.79 Å². The van der Waals surface area contributed by atoms with Crippen LogP contribution in [0.5, 0.6) is 11.6 Å². The van der Waals surface area contributed by atoms with E-state index < -0.39 is 23.2 Å². The van der Waals surface area contributed by atoms with Gasteiger partial charge >= 0.3 is 0 Å². The van der Waals surface area contributed by atoms with E-state index in [0.717, 1.165) is 23.3 Å². The van der Waals surface area contributed by atoms with Crippen LogP contribution in [-0.2, 0) is 0 Å². The fourth-order valence-electron chi connectivity index (χ4n) is 3.91. The molecule has 2 heterocycles. The van der Waals surface area contributed by atoms with Crippen molar-refractivity contribution in [3.05, 3.63) is 100 Å². The van der Waals surface area contributed by atoms with Crippen LogP contribution < -0.4 is 10.5 Å². The van der Waals surface area contributed by atoms with Crippen LogP contribution in [0.4, 0.5) is 13.2 Å². The minimum Gasteiger partial charge on any atom is -0.433 e. The third kappa shape index (κ3) is 5.72. The van der Waals surface area contributed by atoms with Crippen molar-refractivity contribution >= 4 is 22.9 Å². The molecule has 1 unspecified atom stereocenters. The van der Waals surface area contributed by atoms with Crippen molar-refractivity contribution in [2.45, 2.75) is 26.7 Å². The number of carbonyl (C=O) groups excluding carboxylic acids is 1. The van der Waals surface area contributed by atoms with Gasteiger partial charge in [0.15, 0.2) is 11.6 Å². The van der Waals surface area contributed by atoms with E-state index in [4.69, 9.17) is 10.5 Å². The van der Waals surface area contributed by atoms with E-state index >= 15 is 0 Å². The molecule has 4 rings (SSSR count). The minimum absolute atomic E-state index is 0.0636. The lowest BCUT2D eigenvalue weighted by atomic mass is 9.99. The van der Waals surface area contributed by atoms with E-state index in [2.05, 4.69) is 15.0 Å². The molecule has 0 spiro atoms. The lowest BCUT2D eigenvalue weighted by molar-refractivity contribution is 0.103. The predicted molar refractivity (Wildman–Crippen MR) is 137 cm³/mol. The Morgan fingerprint density at radius 2 is 1.89 bits per heavy atom. The van der Waals surface area contributed by atoms with Crippen molar-refractivity contribution < 1.29 is 22.7 Å². The zero-order chi connectivity index (χ0) is 26.7. The number of ether oxygens (including phenoxy) is 1. The zero-order valence-electron chi connectivity index (χ0n) is 20.5. The van der Waals surface area contributed by atoms with E-state index in [0.29, 0.717) is 23.1 Å². The van der Waals surface area contributed by atoms with Crippen LogP contribution in [0.1, 0.15) is 41.4 Å². The summed E-state index contributed by atoms with van der Waals surface area (Å²) in [4.78, 5) is 24.6. The normalized spacial score (nSPS) is 13.1. The van der Waals surface area contributed by atoms with Gasteiger partial charge in [-0.1, -0.05) is 13.0 Å². The van der Waals surface area contributed by atoms with Gasteiger partial charge in [0.05, 0.1) is 11.3 Å². The van der Waals surface area contributed by atoms with E-state index in [-0.39, 0.29) is 28.8 Å². The van der Waals surface area contributed by atoms with Crippen LogP contribution in [0.3, 0.4) is 0 Å². The van der Waals surface area contributed by atoms with Crippen molar-refractivity contribution in [2.24, 2.45) is 10.7 Å². The zero-order valence-corrected chi connectivity index (χ0v) is 20.5. The average molecular weight is 507 g/mol. The number of aryl methyl sites for hydroxylation is 1. The van der Waals surface area contributed by atoms with Gasteiger partial charge in [-0.2, -0.15) is 0 Å². The number of aromatic nitrogens is 2. The Labute approximate surface area is 211 Å². The molecule has 1 atom stereocenters. The van der Waals surface area contributed by atoms with Gasteiger partial charge < -0.3 is 15.5 Å². The summed E-state index contributed by atoms with van der Waals surface area (Å²) < 4.78 is 46.6. The smallest absolute Gasteiger partial charge is 0.219 e. The van der Waals surface area contributed by atoms with E-state index in [9.17, 15) is 18.0 Å². The third-order valence-corrected chi connectivity index (χ3v) is 5.88. The number of H-pyrrole nitrogens is 1. The number of rotatable bonds is 8. The number of aliphatic imine (C=N–C) groups is 1. The SMILES string of the molecule is C/C(N)=C(\C=N/CC(C)c1cnc(Oc2c(F)cccc2F)cc1C)C(=O)c1cc2cc(F)ccc2[nH]1. The standard InChI is InChI=1S/C28H25F3N4O2/c1-15-9-26(37-28-22(30)5-4-6-23(28)31)34-14-20(15)16(2)12-33-13-21(17(3)32)27(36)25-11-18-10-19(29)7-8-24(18)35-25/h4-11,13-14,16,35H,12,32H2,1-3H3/b21-17-,33-13-. The fourth-order valence-corrected chi connectivity index (χ4v) is 3.91. The number of aromatic amines is 1. The molecule has 0 saturated carbocycles. The summed E-state index contributed by atoms with van der Waals surface area (Å²) in [6, 6.07) is 10.9. The first kappa shape index (κ1) is 25.7. The lowest BCUT2D eigenvalue weighted by Crippen LogP contribution is -2.12. The van der Waals surface area contributed by atoms with Crippen LogP contribution in [0.25, 0.3) is 10.9 Å². The first-order valence-electron chi connectivity index (χ1n) is 11.5. The average Bonchev–Trinajstić information content (AvgIpc) is 3.27. The van der Waals surface area contributed by atoms with Crippen molar-refractivity contribution in [3.8, 4) is 11.6 Å². The quantitative estimate of drug-likeness (QED) is 0.165. The second-order valence-electron chi connectivity index (χ2n) is 8.77. The number of halogens is 3. The number of para-hydroxylation sites is 1. The number of hydrogen-bond donors (Lipinski definition) is 2. The third-order valence-electron chi connectivity index (χ3n) is 5.88. The largest absolute Gasteiger partial charge is 0.433 e. The molecule has 190 valence electrons. The van der Waals surface area contributed by atoms with Crippen molar-refractivity contribution in [1.82, 2.24) is 9.97 Å². The Kier molecular flexibility index (Phi) is 7.42. The summed E-state index contributed by atoms with van der Waals surface area (Å²) in [6.07, 6.45) is 3.00. The van der Waals surface area contributed by atoms with Gasteiger partial charge in [-0.15, -0.1) is 0 Å². The van der Waals surface area contributed by atoms with Crippen molar-refractivity contribution in [1.29, 1.82) is 0 Å². The molecule has 4 aromatic rings. The molecule has 0 aliphatic rings. The molecule has 2 aromatic carbocycles. The Hall–Kier alpha value is -4.40. The molecule has 0 amide bonds. The van der Waals surface area contributed by atoms with E-state index in [1.54, 1.807) is 31.3 Å². The summed E-state index contributed by atoms with van der Waals surface area (Å²) in [7, 11) is 0. The number of hydrogen-bond acceptors (Lipinski definition) is 5. The highest BCUT2D eigenvalue weighted by molar-refractivity contribution is 6.21. The molecule has 3 N–H and O–H groups in total. The van der Waals surface area contributed by atoms with Gasteiger partial charge in [-0.05, 0) is 61.4 Å². The first-order valence-corrected chi connectivity index (χ1v) is 11.5. The van der Waals surface area contributed by atoms with E-state index in [1.165, 1.54) is 24.4 Å². The number of Topliss-reactive ketones (excluding diaryl/α,β-unsaturated/α-hetero) is 1. The summed E-state index contributed by atoms with van der Waals surface area (Å²) >= 11 is 0. The highest BCUT2D eigenvalue weighted by atomic mass is 19.1. The highest BCUT2D eigenvalue weighted by Crippen LogP contribution is 2.29. The molecule has 37 heavy (non-hydrogen) atoms. The summed E-state index contributed by atoms with van der Waals surface area (Å²) in [6.45, 7) is 5.70. The summed E-state index contributed by atoms with van der Waals surface area (Å²) in [5.74, 6) is -2.93. The molecular formula is C28H25F3N4O2. The Morgan fingerprint density at radius 3 is 2.57 bits per heavy atom. The number of benzene rings is 2. The molecule has 2 aromatic heterocycles. The number of pyridine rings is 1. The van der Waals surface area contributed by atoms with E-state index in [1.807, 2.05) is 13.8 Å². The lowest BCUT2D eigenvalue weighted by Gasteiger charge is -2.14. The van der Waals surface area contributed by atoms with Crippen LogP contribution in [0.15, 0.2) is 71.0 Å². The number of nitrogens with one attached hydrogen (secondary N) is 1. The second kappa shape index (κ2) is 10.7. The highest BCUT2D eigenvalue weighted by Gasteiger charge is 2.17. The maximum Gasteiger partial charge on any atom is 0.219 e. The summed E-state index contributed by atoms with van der Waals surface area (Å²) in [5, 5.41) is 0.580. The number of carbonyl (C=O) groups is 1. The molecule has 0 aliphatic heterocycles. The Morgan fingerprint density at radius 1 is 1.16 bits per heavy atom. The monoisotopic (exact) mass is 506 g/mol. The maximum atomic E-state index is 13.9. The Balaban J connectivity index is 1.46. The topological polar surface area (TPSA) is 93.4 Å².